The van der Waals surface area contributed by atoms with Gasteiger partial charge in [-0.15, -0.1) is 0 Å². The fourth-order valence-corrected chi connectivity index (χ4v) is 2.29. The third kappa shape index (κ3) is 1.63. The van der Waals surface area contributed by atoms with Crippen molar-refractivity contribution in [2.75, 3.05) is 18.9 Å². The lowest BCUT2D eigenvalue weighted by Gasteiger charge is -2.27. The number of hydrogen-bond acceptors (Lipinski definition) is 8. The molecule has 0 aromatic carbocycles. The molecule has 1 aliphatic heterocycles. The average molecular weight is 283 g/mol. The van der Waals surface area contributed by atoms with Crippen LogP contribution in [0.3, 0.4) is 0 Å². The quantitative estimate of drug-likeness (QED) is 0.452. The molecular weight excluding hydrogens is 270 g/mol. The topological polar surface area (TPSA) is 148 Å². The van der Waals surface area contributed by atoms with Crippen LogP contribution in [-0.2, 0) is 10.5 Å². The van der Waals surface area contributed by atoms with Gasteiger partial charge in [-0.1, -0.05) is 0 Å². The van der Waals surface area contributed by atoms with Gasteiger partial charge in [-0.2, -0.15) is 9.97 Å². The Kier molecular flexibility index (Phi) is 2.76. The normalized spacial score (nSPS) is 30.1. The Morgan fingerprint density at radius 2 is 2.25 bits per heavy atom. The second-order valence-electron chi connectivity index (χ2n) is 4.56. The van der Waals surface area contributed by atoms with Crippen LogP contribution in [0.4, 0.5) is 5.95 Å². The molecule has 1 fully saturated rings. The van der Waals surface area contributed by atoms with Crippen LogP contribution in [0.5, 0.6) is 0 Å². The molecule has 1 aliphatic rings. The Bertz CT molecular complexity index is 712. The van der Waals surface area contributed by atoms with Gasteiger partial charge in [-0.3, -0.25) is 4.57 Å². The van der Waals surface area contributed by atoms with Gasteiger partial charge in [-0.05, 0) is 0 Å². The first-order valence-electron chi connectivity index (χ1n) is 5.84. The van der Waals surface area contributed by atoms with Crippen LogP contribution in [0, 0.1) is 0 Å². The molecule has 20 heavy (non-hydrogen) atoms. The summed E-state index contributed by atoms with van der Waals surface area (Å²) in [5.41, 5.74) is 2.92. The molecule has 108 valence electrons. The van der Waals surface area contributed by atoms with Crippen molar-refractivity contribution >= 4 is 11.7 Å². The Morgan fingerprint density at radius 1 is 1.50 bits per heavy atom. The summed E-state index contributed by atoms with van der Waals surface area (Å²) >= 11 is 0. The number of nitrogens with two attached hydrogens (primary N) is 1. The van der Waals surface area contributed by atoms with E-state index in [9.17, 15) is 15.0 Å². The largest absolute Gasteiger partial charge is 0.394 e. The minimum absolute atomic E-state index is 0.0197. The predicted molar refractivity (Wildman–Crippen MR) is 64.7 cm³/mol. The molecule has 0 amide bonds. The molecule has 3 atom stereocenters. The van der Waals surface area contributed by atoms with Crippen molar-refractivity contribution in [2.24, 2.45) is 0 Å². The van der Waals surface area contributed by atoms with Gasteiger partial charge in [-0.25, -0.2) is 9.20 Å². The summed E-state index contributed by atoms with van der Waals surface area (Å²) in [6.45, 7) is -0.707. The van der Waals surface area contributed by atoms with Crippen LogP contribution in [0.1, 0.15) is 0 Å². The number of aliphatic hydroxyl groups is 3. The Labute approximate surface area is 111 Å². The number of rotatable bonds is 2. The summed E-state index contributed by atoms with van der Waals surface area (Å²) in [5, 5.41) is 29.7. The van der Waals surface area contributed by atoms with E-state index in [1.165, 1.54) is 17.0 Å². The molecule has 10 nitrogen and oxygen atoms in total. The van der Waals surface area contributed by atoms with Gasteiger partial charge in [0.05, 0.1) is 13.2 Å². The van der Waals surface area contributed by atoms with Crippen molar-refractivity contribution in [1.29, 1.82) is 0 Å². The van der Waals surface area contributed by atoms with Crippen LogP contribution in [-0.4, -0.2) is 59.7 Å². The molecule has 0 bridgehead atoms. The first kappa shape index (κ1) is 13.0. The molecular formula is C10H13N5O5. The van der Waals surface area contributed by atoms with E-state index in [1.54, 1.807) is 0 Å². The predicted octanol–water partition coefficient (Wildman–Crippen LogP) is -3.13. The number of imidazole rings is 1. The number of aromatic nitrogens is 4. The SMILES string of the molecule is Nc1nc(=O)n2ccn([C@]3(O)CO[C@H](CO)[C@H]3O)c2n1. The van der Waals surface area contributed by atoms with E-state index in [0.29, 0.717) is 0 Å². The maximum atomic E-state index is 11.6. The minimum atomic E-state index is -1.85. The molecule has 10 heteroatoms. The molecule has 0 radical (unpaired) electrons. The van der Waals surface area contributed by atoms with E-state index in [4.69, 9.17) is 15.6 Å². The molecule has 5 N–H and O–H groups in total. The standard InChI is InChI=1S/C10H13N5O5/c11-7-12-8-14(9(18)13-7)1-2-15(8)10(19)4-20-5(3-16)6(10)17/h1-2,5-6,16-17,19H,3-4H2,(H2,11,13,18)/t5-,6-,10+/m1/s1. The average Bonchev–Trinajstić information content (AvgIpc) is 2.94. The van der Waals surface area contributed by atoms with Crippen molar-refractivity contribution in [3.05, 3.63) is 22.9 Å². The highest BCUT2D eigenvalue weighted by atomic mass is 16.5. The molecule has 1 saturated heterocycles. The number of anilines is 1. The van der Waals surface area contributed by atoms with Crippen LogP contribution < -0.4 is 11.4 Å². The monoisotopic (exact) mass is 283 g/mol. The summed E-state index contributed by atoms with van der Waals surface area (Å²) in [6.07, 6.45) is 0.397. The van der Waals surface area contributed by atoms with Gasteiger partial charge in [0.1, 0.15) is 12.2 Å². The van der Waals surface area contributed by atoms with Gasteiger partial charge in [0, 0.05) is 12.4 Å². The molecule has 2 aromatic heterocycles. The van der Waals surface area contributed by atoms with Crippen LogP contribution in [0.25, 0.3) is 5.78 Å². The van der Waals surface area contributed by atoms with Crippen LogP contribution >= 0.6 is 0 Å². The summed E-state index contributed by atoms with van der Waals surface area (Å²) < 4.78 is 7.38. The van der Waals surface area contributed by atoms with Crippen molar-refractivity contribution in [2.45, 2.75) is 17.9 Å². The van der Waals surface area contributed by atoms with Gasteiger partial charge in [0.15, 0.2) is 5.72 Å². The minimum Gasteiger partial charge on any atom is -0.394 e. The van der Waals surface area contributed by atoms with E-state index in [1.807, 2.05) is 0 Å². The number of fused-ring (bicyclic) bond motifs is 1. The van der Waals surface area contributed by atoms with E-state index in [0.717, 1.165) is 4.40 Å². The summed E-state index contributed by atoms with van der Waals surface area (Å²) in [4.78, 5) is 19.0. The second kappa shape index (κ2) is 4.24. The number of aliphatic hydroxyl groups excluding tert-OH is 2. The van der Waals surface area contributed by atoms with E-state index < -0.39 is 30.2 Å². The highest BCUT2D eigenvalue weighted by Crippen LogP contribution is 2.30. The van der Waals surface area contributed by atoms with E-state index in [2.05, 4.69) is 9.97 Å². The fraction of sp³-hybridized carbons (Fsp3) is 0.500. The number of ether oxygens (including phenoxy) is 1. The molecule has 0 saturated carbocycles. The van der Waals surface area contributed by atoms with Crippen LogP contribution in [0.2, 0.25) is 0 Å². The second-order valence-corrected chi connectivity index (χ2v) is 4.56. The zero-order valence-corrected chi connectivity index (χ0v) is 10.2. The molecule has 0 aliphatic carbocycles. The molecule has 3 heterocycles. The first-order chi connectivity index (χ1) is 9.47. The zero-order valence-electron chi connectivity index (χ0n) is 10.2. The zero-order chi connectivity index (χ0) is 14.5. The smallest absolute Gasteiger partial charge is 0.357 e. The molecule has 0 spiro atoms. The fourth-order valence-electron chi connectivity index (χ4n) is 2.29. The lowest BCUT2D eigenvalue weighted by Crippen LogP contribution is -2.47. The summed E-state index contributed by atoms with van der Waals surface area (Å²) in [7, 11) is 0. The third-order valence-electron chi connectivity index (χ3n) is 3.36. The van der Waals surface area contributed by atoms with Gasteiger partial charge >= 0.3 is 5.69 Å². The lowest BCUT2D eigenvalue weighted by atomic mass is 10.1. The Hall–Kier alpha value is -2.01. The van der Waals surface area contributed by atoms with E-state index >= 15 is 0 Å². The van der Waals surface area contributed by atoms with Crippen molar-refractivity contribution in [3.63, 3.8) is 0 Å². The first-order valence-corrected chi connectivity index (χ1v) is 5.84. The van der Waals surface area contributed by atoms with Crippen LogP contribution in [0.15, 0.2) is 17.2 Å². The highest BCUT2D eigenvalue weighted by molar-refractivity contribution is 5.36. The van der Waals surface area contributed by atoms with Crippen molar-refractivity contribution < 1.29 is 20.1 Å². The van der Waals surface area contributed by atoms with Gasteiger partial charge in [0.25, 0.3) is 0 Å². The molecule has 2 aromatic rings. The Morgan fingerprint density at radius 3 is 2.90 bits per heavy atom. The summed E-state index contributed by atoms with van der Waals surface area (Å²) in [6, 6.07) is 0. The molecule has 0 unspecified atom stereocenters. The van der Waals surface area contributed by atoms with Crippen molar-refractivity contribution in [1.82, 2.24) is 18.9 Å². The number of hydrogen-bond donors (Lipinski definition) is 4. The van der Waals surface area contributed by atoms with Gasteiger partial charge < -0.3 is 25.8 Å². The third-order valence-corrected chi connectivity index (χ3v) is 3.36. The van der Waals surface area contributed by atoms with E-state index in [-0.39, 0.29) is 18.3 Å². The highest BCUT2D eigenvalue weighted by Gasteiger charge is 2.50. The molecule has 3 rings (SSSR count). The van der Waals surface area contributed by atoms with Gasteiger partial charge in [0.2, 0.25) is 11.7 Å². The van der Waals surface area contributed by atoms with Crippen molar-refractivity contribution in [3.8, 4) is 0 Å². The maximum absolute atomic E-state index is 11.6. The maximum Gasteiger partial charge on any atom is 0.357 e. The number of nitrogen functional groups attached to an aromatic ring is 1. The Balaban J connectivity index is 2.18. The summed E-state index contributed by atoms with van der Waals surface area (Å²) in [5.74, 6) is -0.225. The number of nitrogens with zero attached hydrogens (tertiary/aromatic N) is 4. The lowest BCUT2D eigenvalue weighted by molar-refractivity contribution is -0.110.